The fraction of sp³-hybridized carbons (Fsp3) is 0.533. The molecule has 2 amide bonds. The number of urea groups is 1. The molecule has 0 saturated heterocycles. The van der Waals surface area contributed by atoms with Gasteiger partial charge in [0.15, 0.2) is 0 Å². The Kier molecular flexibility index (Phi) is 6.92. The summed E-state index contributed by atoms with van der Waals surface area (Å²) in [6.07, 6.45) is 7.11. The molecule has 0 heterocycles. The Morgan fingerprint density at radius 1 is 1.17 bits per heavy atom. The SMILES string of the molecule is CCCCCCCC(NC(N)=O)c1ccccc1. The van der Waals surface area contributed by atoms with Crippen LogP contribution in [0.5, 0.6) is 0 Å². The summed E-state index contributed by atoms with van der Waals surface area (Å²) in [4.78, 5) is 11.0. The lowest BCUT2D eigenvalue weighted by Crippen LogP contribution is -2.33. The van der Waals surface area contributed by atoms with Crippen LogP contribution in [-0.2, 0) is 0 Å². The van der Waals surface area contributed by atoms with Gasteiger partial charge in [0, 0.05) is 0 Å². The van der Waals surface area contributed by atoms with E-state index in [2.05, 4.69) is 12.2 Å². The molecule has 3 heteroatoms. The number of unbranched alkanes of at least 4 members (excludes halogenated alkanes) is 4. The minimum absolute atomic E-state index is 0.0466. The van der Waals surface area contributed by atoms with Crippen molar-refractivity contribution >= 4 is 6.03 Å². The lowest BCUT2D eigenvalue weighted by molar-refractivity contribution is 0.244. The van der Waals surface area contributed by atoms with Crippen LogP contribution in [0.15, 0.2) is 30.3 Å². The largest absolute Gasteiger partial charge is 0.352 e. The molecule has 0 aliphatic carbocycles. The highest BCUT2D eigenvalue weighted by molar-refractivity contribution is 5.72. The molecule has 3 N–H and O–H groups in total. The molecule has 1 aromatic rings. The number of rotatable bonds is 8. The number of benzene rings is 1. The number of hydrogen-bond donors (Lipinski definition) is 2. The van der Waals surface area contributed by atoms with Crippen LogP contribution in [0.2, 0.25) is 0 Å². The molecular weight excluding hydrogens is 224 g/mol. The van der Waals surface area contributed by atoms with Gasteiger partial charge in [-0.1, -0.05) is 69.4 Å². The maximum atomic E-state index is 11.0. The Labute approximate surface area is 110 Å². The average molecular weight is 248 g/mol. The first kappa shape index (κ1) is 14.6. The molecule has 0 aromatic heterocycles. The van der Waals surface area contributed by atoms with Gasteiger partial charge in [-0.3, -0.25) is 0 Å². The van der Waals surface area contributed by atoms with Crippen molar-refractivity contribution in [1.82, 2.24) is 5.32 Å². The van der Waals surface area contributed by atoms with Gasteiger partial charge in [-0.15, -0.1) is 0 Å². The molecule has 1 atom stereocenters. The van der Waals surface area contributed by atoms with Gasteiger partial charge in [-0.25, -0.2) is 4.79 Å². The van der Waals surface area contributed by atoms with Crippen molar-refractivity contribution in [2.24, 2.45) is 5.73 Å². The van der Waals surface area contributed by atoms with Gasteiger partial charge in [0.05, 0.1) is 6.04 Å². The predicted octanol–water partition coefficient (Wildman–Crippen LogP) is 3.76. The first-order valence-corrected chi connectivity index (χ1v) is 6.85. The van der Waals surface area contributed by atoms with E-state index in [9.17, 15) is 4.79 Å². The van der Waals surface area contributed by atoms with Crippen LogP contribution in [0.4, 0.5) is 4.79 Å². The van der Waals surface area contributed by atoms with E-state index in [1.54, 1.807) is 0 Å². The quantitative estimate of drug-likeness (QED) is 0.676. The van der Waals surface area contributed by atoms with E-state index < -0.39 is 6.03 Å². The maximum absolute atomic E-state index is 11.0. The second kappa shape index (κ2) is 8.56. The summed E-state index contributed by atoms with van der Waals surface area (Å²) in [7, 11) is 0. The molecular formula is C15H24N2O. The molecule has 0 bridgehead atoms. The van der Waals surface area contributed by atoms with E-state index in [0.717, 1.165) is 18.4 Å². The standard InChI is InChI=1S/C15H24N2O/c1-2-3-4-5-9-12-14(17-15(16)18)13-10-7-6-8-11-13/h6-8,10-11,14H,2-5,9,12H2,1H3,(H3,16,17,18). The van der Waals surface area contributed by atoms with Crippen molar-refractivity contribution in [1.29, 1.82) is 0 Å². The minimum atomic E-state index is -0.447. The van der Waals surface area contributed by atoms with Crippen molar-refractivity contribution in [3.8, 4) is 0 Å². The molecule has 0 aliphatic heterocycles. The third-order valence-corrected chi connectivity index (χ3v) is 3.11. The summed E-state index contributed by atoms with van der Waals surface area (Å²) >= 11 is 0. The van der Waals surface area contributed by atoms with Crippen molar-refractivity contribution in [3.05, 3.63) is 35.9 Å². The Hall–Kier alpha value is -1.51. The number of carbonyl (C=O) groups excluding carboxylic acids is 1. The van der Waals surface area contributed by atoms with E-state index in [1.165, 1.54) is 25.7 Å². The topological polar surface area (TPSA) is 55.1 Å². The van der Waals surface area contributed by atoms with Gasteiger partial charge >= 0.3 is 6.03 Å². The molecule has 3 nitrogen and oxygen atoms in total. The molecule has 0 radical (unpaired) electrons. The highest BCUT2D eigenvalue weighted by Crippen LogP contribution is 2.20. The summed E-state index contributed by atoms with van der Waals surface area (Å²) in [5.41, 5.74) is 6.36. The molecule has 1 unspecified atom stereocenters. The second-order valence-electron chi connectivity index (χ2n) is 4.67. The Morgan fingerprint density at radius 2 is 1.83 bits per heavy atom. The third-order valence-electron chi connectivity index (χ3n) is 3.11. The molecule has 1 rings (SSSR count). The average Bonchev–Trinajstić information content (AvgIpc) is 2.38. The normalized spacial score (nSPS) is 12.1. The van der Waals surface area contributed by atoms with Gasteiger partial charge < -0.3 is 11.1 Å². The van der Waals surface area contributed by atoms with Gasteiger partial charge in [-0.2, -0.15) is 0 Å². The van der Waals surface area contributed by atoms with Crippen LogP contribution in [-0.4, -0.2) is 6.03 Å². The lowest BCUT2D eigenvalue weighted by Gasteiger charge is -2.17. The summed E-state index contributed by atoms with van der Waals surface area (Å²) in [6, 6.07) is 9.62. The number of nitrogens with one attached hydrogen (secondary N) is 1. The highest BCUT2D eigenvalue weighted by atomic mass is 16.2. The smallest absolute Gasteiger partial charge is 0.312 e. The zero-order valence-electron chi connectivity index (χ0n) is 11.2. The molecule has 100 valence electrons. The zero-order valence-corrected chi connectivity index (χ0v) is 11.2. The van der Waals surface area contributed by atoms with Gasteiger partial charge in [-0.05, 0) is 12.0 Å². The van der Waals surface area contributed by atoms with Crippen molar-refractivity contribution in [2.75, 3.05) is 0 Å². The first-order valence-electron chi connectivity index (χ1n) is 6.85. The van der Waals surface area contributed by atoms with Crippen LogP contribution in [0.25, 0.3) is 0 Å². The van der Waals surface area contributed by atoms with E-state index in [4.69, 9.17) is 5.73 Å². The zero-order chi connectivity index (χ0) is 13.2. The van der Waals surface area contributed by atoms with Gasteiger partial charge in [0.25, 0.3) is 0 Å². The first-order chi connectivity index (χ1) is 8.74. The summed E-state index contributed by atoms with van der Waals surface area (Å²) in [5, 5.41) is 2.83. The van der Waals surface area contributed by atoms with Crippen LogP contribution in [0.1, 0.15) is 57.1 Å². The summed E-state index contributed by atoms with van der Waals surface area (Å²) in [6.45, 7) is 2.21. The van der Waals surface area contributed by atoms with Crippen LogP contribution < -0.4 is 11.1 Å². The van der Waals surface area contributed by atoms with E-state index >= 15 is 0 Å². The van der Waals surface area contributed by atoms with Crippen LogP contribution >= 0.6 is 0 Å². The van der Waals surface area contributed by atoms with Crippen LogP contribution in [0, 0.1) is 0 Å². The molecule has 0 spiro atoms. The number of nitrogens with two attached hydrogens (primary N) is 1. The number of primary amides is 1. The number of amides is 2. The van der Waals surface area contributed by atoms with Crippen molar-refractivity contribution < 1.29 is 4.79 Å². The van der Waals surface area contributed by atoms with Gasteiger partial charge in [0.2, 0.25) is 0 Å². The Morgan fingerprint density at radius 3 is 2.44 bits per heavy atom. The van der Waals surface area contributed by atoms with Crippen molar-refractivity contribution in [3.63, 3.8) is 0 Å². The molecule has 0 fully saturated rings. The monoisotopic (exact) mass is 248 g/mol. The highest BCUT2D eigenvalue weighted by Gasteiger charge is 2.11. The number of carbonyl (C=O) groups is 1. The molecule has 0 saturated carbocycles. The fourth-order valence-electron chi connectivity index (χ4n) is 2.13. The van der Waals surface area contributed by atoms with E-state index in [1.807, 2.05) is 30.3 Å². The van der Waals surface area contributed by atoms with Crippen molar-refractivity contribution in [2.45, 2.75) is 51.5 Å². The molecule has 0 aliphatic rings. The van der Waals surface area contributed by atoms with E-state index in [0.29, 0.717) is 0 Å². The van der Waals surface area contributed by atoms with E-state index in [-0.39, 0.29) is 6.04 Å². The fourth-order valence-corrected chi connectivity index (χ4v) is 2.13. The Bertz CT molecular complexity index is 338. The molecule has 18 heavy (non-hydrogen) atoms. The molecule has 1 aromatic carbocycles. The van der Waals surface area contributed by atoms with Gasteiger partial charge in [0.1, 0.15) is 0 Å². The third kappa shape index (κ3) is 5.71. The summed E-state index contributed by atoms with van der Waals surface area (Å²) < 4.78 is 0. The second-order valence-corrected chi connectivity index (χ2v) is 4.67. The minimum Gasteiger partial charge on any atom is -0.352 e. The predicted molar refractivity (Wildman–Crippen MR) is 75.3 cm³/mol. The maximum Gasteiger partial charge on any atom is 0.312 e. The Balaban J connectivity index is 2.44. The van der Waals surface area contributed by atoms with Crippen LogP contribution in [0.3, 0.4) is 0 Å². The number of hydrogen-bond acceptors (Lipinski definition) is 1. The lowest BCUT2D eigenvalue weighted by atomic mass is 10.00. The summed E-state index contributed by atoms with van der Waals surface area (Å²) in [5.74, 6) is 0.